The second kappa shape index (κ2) is 8.13. The fourth-order valence-corrected chi connectivity index (χ4v) is 5.22. The van der Waals surface area contributed by atoms with Crippen molar-refractivity contribution in [3.63, 3.8) is 0 Å². The first-order chi connectivity index (χ1) is 14.7. The molecule has 0 radical (unpaired) electrons. The number of carboxylic acid groups (broad SMARTS) is 1. The van der Waals surface area contributed by atoms with E-state index in [4.69, 9.17) is 5.11 Å². The number of thioether (sulfide) groups is 1. The first-order valence-electron chi connectivity index (χ1n) is 9.37. The van der Waals surface area contributed by atoms with E-state index in [1.165, 1.54) is 6.07 Å². The van der Waals surface area contributed by atoms with Gasteiger partial charge in [-0.05, 0) is 35.9 Å². The minimum atomic E-state index is -3.93. The Morgan fingerprint density at radius 1 is 0.968 bits per heavy atom. The summed E-state index contributed by atoms with van der Waals surface area (Å²) in [5, 5.41) is 22.2. The van der Waals surface area contributed by atoms with E-state index < -0.39 is 16.0 Å². The third-order valence-electron chi connectivity index (χ3n) is 4.85. The van der Waals surface area contributed by atoms with Crippen LogP contribution in [0.25, 0.3) is 21.5 Å². The number of anilines is 1. The highest BCUT2D eigenvalue weighted by atomic mass is 32.2. The van der Waals surface area contributed by atoms with E-state index in [9.17, 15) is 18.3 Å². The van der Waals surface area contributed by atoms with E-state index >= 15 is 0 Å². The molecule has 3 N–H and O–H groups in total. The van der Waals surface area contributed by atoms with Gasteiger partial charge in [-0.2, -0.15) is 0 Å². The molecule has 158 valence electrons. The van der Waals surface area contributed by atoms with Crippen molar-refractivity contribution in [1.82, 2.24) is 0 Å². The molecule has 0 spiro atoms. The summed E-state index contributed by atoms with van der Waals surface area (Å²) in [6.07, 6.45) is 0. The van der Waals surface area contributed by atoms with Gasteiger partial charge in [0.1, 0.15) is 5.75 Å². The van der Waals surface area contributed by atoms with Crippen LogP contribution < -0.4 is 4.72 Å². The van der Waals surface area contributed by atoms with Crippen LogP contribution in [0, 0.1) is 6.92 Å². The maximum atomic E-state index is 13.2. The Labute approximate surface area is 183 Å². The van der Waals surface area contributed by atoms with Gasteiger partial charge in [-0.15, -0.1) is 11.8 Å². The van der Waals surface area contributed by atoms with Gasteiger partial charge in [0, 0.05) is 10.8 Å². The maximum absolute atomic E-state index is 13.2. The molecular formula is C23H19NO5S2. The molecule has 0 aliphatic carbocycles. The van der Waals surface area contributed by atoms with Gasteiger partial charge in [0.05, 0.1) is 21.2 Å². The lowest BCUT2D eigenvalue weighted by atomic mass is 10.1. The number of benzene rings is 4. The van der Waals surface area contributed by atoms with E-state index in [0.717, 1.165) is 28.1 Å². The number of rotatable bonds is 6. The predicted molar refractivity (Wildman–Crippen MR) is 123 cm³/mol. The van der Waals surface area contributed by atoms with Crippen molar-refractivity contribution >= 4 is 55.0 Å². The van der Waals surface area contributed by atoms with Gasteiger partial charge < -0.3 is 10.2 Å². The summed E-state index contributed by atoms with van der Waals surface area (Å²) in [4.78, 5) is 11.4. The fourth-order valence-electron chi connectivity index (χ4n) is 3.38. The molecule has 0 saturated heterocycles. The number of nitrogens with one attached hydrogen (secondary N) is 1. The number of phenolic OH excluding ortho intramolecular Hbond substituents is 1. The Hall–Kier alpha value is -3.23. The molecule has 4 aromatic carbocycles. The van der Waals surface area contributed by atoms with Gasteiger partial charge in [0.15, 0.2) is 0 Å². The fraction of sp³-hybridized carbons (Fsp3) is 0.0870. The highest BCUT2D eigenvalue weighted by molar-refractivity contribution is 8.00. The second-order valence-electron chi connectivity index (χ2n) is 7.12. The Bertz CT molecular complexity index is 1430. The van der Waals surface area contributed by atoms with Crippen LogP contribution in [0.1, 0.15) is 5.56 Å². The number of hydrogen-bond donors (Lipinski definition) is 3. The number of fused-ring (bicyclic) bond motifs is 2. The molecule has 0 atom stereocenters. The lowest BCUT2D eigenvalue weighted by Crippen LogP contribution is -2.13. The number of aliphatic carboxylic acids is 1. The summed E-state index contributed by atoms with van der Waals surface area (Å²) in [5.74, 6) is -1.38. The lowest BCUT2D eigenvalue weighted by Gasteiger charge is -2.15. The molecule has 0 heterocycles. The number of carbonyl (C=O) groups is 1. The molecule has 31 heavy (non-hydrogen) atoms. The number of aromatic hydroxyl groups is 1. The summed E-state index contributed by atoms with van der Waals surface area (Å²) < 4.78 is 28.9. The van der Waals surface area contributed by atoms with Crippen molar-refractivity contribution < 1.29 is 23.4 Å². The van der Waals surface area contributed by atoms with E-state index in [2.05, 4.69) is 4.72 Å². The third-order valence-corrected chi connectivity index (χ3v) is 7.23. The molecule has 4 aromatic rings. The Kier molecular flexibility index (Phi) is 5.51. The average molecular weight is 454 g/mol. The van der Waals surface area contributed by atoms with Gasteiger partial charge in [0.2, 0.25) is 0 Å². The van der Waals surface area contributed by atoms with Crippen LogP contribution in [-0.4, -0.2) is 30.4 Å². The van der Waals surface area contributed by atoms with Gasteiger partial charge >= 0.3 is 5.97 Å². The summed E-state index contributed by atoms with van der Waals surface area (Å²) in [7, 11) is -3.93. The highest BCUT2D eigenvalue weighted by Crippen LogP contribution is 2.40. The van der Waals surface area contributed by atoms with E-state index in [1.807, 2.05) is 25.1 Å². The van der Waals surface area contributed by atoms with Gasteiger partial charge in [-0.25, -0.2) is 8.42 Å². The topological polar surface area (TPSA) is 104 Å². The van der Waals surface area contributed by atoms with Crippen molar-refractivity contribution in [3.8, 4) is 5.75 Å². The molecule has 0 unspecified atom stereocenters. The average Bonchev–Trinajstić information content (AvgIpc) is 2.74. The highest BCUT2D eigenvalue weighted by Gasteiger charge is 2.19. The van der Waals surface area contributed by atoms with Crippen molar-refractivity contribution in [2.45, 2.75) is 16.7 Å². The quantitative estimate of drug-likeness (QED) is 0.281. The smallest absolute Gasteiger partial charge is 0.313 e. The van der Waals surface area contributed by atoms with Crippen LogP contribution in [-0.2, 0) is 14.8 Å². The zero-order chi connectivity index (χ0) is 22.2. The Balaban J connectivity index is 1.79. The minimum Gasteiger partial charge on any atom is -0.506 e. The summed E-state index contributed by atoms with van der Waals surface area (Å²) in [5.41, 5.74) is 1.30. The third kappa shape index (κ3) is 4.30. The summed E-state index contributed by atoms with van der Waals surface area (Å²) in [6, 6.07) is 19.0. The van der Waals surface area contributed by atoms with Crippen LogP contribution in [0.3, 0.4) is 0 Å². The molecule has 0 aromatic heterocycles. The number of phenols is 1. The number of hydrogen-bond acceptors (Lipinski definition) is 5. The molecule has 0 saturated carbocycles. The van der Waals surface area contributed by atoms with Crippen LogP contribution in [0.4, 0.5) is 5.69 Å². The van der Waals surface area contributed by atoms with Crippen LogP contribution in [0.2, 0.25) is 0 Å². The monoisotopic (exact) mass is 453 g/mol. The van der Waals surface area contributed by atoms with E-state index in [-0.39, 0.29) is 27.0 Å². The summed E-state index contributed by atoms with van der Waals surface area (Å²) >= 11 is 0.925. The predicted octanol–water partition coefficient (Wildman–Crippen LogP) is 4.98. The molecule has 6 nitrogen and oxygen atoms in total. The maximum Gasteiger partial charge on any atom is 0.313 e. The molecule has 0 aliphatic heterocycles. The first kappa shape index (κ1) is 21.0. The van der Waals surface area contributed by atoms with Crippen molar-refractivity contribution in [3.05, 3.63) is 72.3 Å². The van der Waals surface area contributed by atoms with Gasteiger partial charge in [0.25, 0.3) is 10.0 Å². The number of sulfonamides is 1. The number of aryl methyl sites for hydroxylation is 1. The number of carboxylic acids is 1. The summed E-state index contributed by atoms with van der Waals surface area (Å²) in [6.45, 7) is 1.94. The SMILES string of the molecule is Cc1ccc2ccc(S(=O)(=O)Nc3cc(SCC(=O)O)c(O)c4ccccc34)cc2c1. The Morgan fingerprint density at radius 2 is 1.68 bits per heavy atom. The molecule has 0 amide bonds. The van der Waals surface area contributed by atoms with Gasteiger partial charge in [-0.3, -0.25) is 9.52 Å². The second-order valence-corrected chi connectivity index (χ2v) is 9.82. The van der Waals surface area contributed by atoms with E-state index in [1.54, 1.807) is 42.5 Å². The van der Waals surface area contributed by atoms with Crippen LogP contribution in [0.5, 0.6) is 5.75 Å². The zero-order valence-electron chi connectivity index (χ0n) is 16.5. The molecule has 0 bridgehead atoms. The van der Waals surface area contributed by atoms with E-state index in [0.29, 0.717) is 10.8 Å². The molecule has 8 heteroatoms. The van der Waals surface area contributed by atoms with Crippen molar-refractivity contribution in [2.75, 3.05) is 10.5 Å². The van der Waals surface area contributed by atoms with Gasteiger partial charge in [-0.1, -0.05) is 54.1 Å². The first-order valence-corrected chi connectivity index (χ1v) is 11.8. The van der Waals surface area contributed by atoms with Crippen LogP contribution >= 0.6 is 11.8 Å². The lowest BCUT2D eigenvalue weighted by molar-refractivity contribution is -0.133. The van der Waals surface area contributed by atoms with Crippen molar-refractivity contribution in [1.29, 1.82) is 0 Å². The minimum absolute atomic E-state index is 0.0778. The van der Waals surface area contributed by atoms with Crippen LogP contribution in [0.15, 0.2) is 76.5 Å². The standard InChI is InChI=1S/C23H19NO5S2/c1-14-6-7-15-8-9-17(11-16(15)10-14)31(28,29)24-20-12-21(30-13-22(25)26)23(27)19-5-3-2-4-18(19)20/h2-12,24,27H,13H2,1H3,(H,25,26). The largest absolute Gasteiger partial charge is 0.506 e. The normalized spacial score (nSPS) is 11.6. The van der Waals surface area contributed by atoms with Crippen molar-refractivity contribution in [2.24, 2.45) is 0 Å². The molecule has 4 rings (SSSR count). The zero-order valence-corrected chi connectivity index (χ0v) is 18.1. The molecular weight excluding hydrogens is 434 g/mol. The Morgan fingerprint density at radius 3 is 2.42 bits per heavy atom. The molecule has 0 aliphatic rings. The molecule has 0 fully saturated rings.